The minimum absolute atomic E-state index is 0.0404. The topological polar surface area (TPSA) is 57.7 Å². The number of phenols is 1. The minimum atomic E-state index is 0.0404. The van der Waals surface area contributed by atoms with Crippen molar-refractivity contribution in [1.29, 1.82) is 0 Å². The number of H-pyrrole nitrogens is 1. The second-order valence-corrected chi connectivity index (χ2v) is 7.97. The molecule has 1 atom stereocenters. The molecule has 0 spiro atoms. The number of para-hydroxylation sites is 1. The first-order chi connectivity index (χ1) is 14.8. The molecular weight excluding hydrogens is 376 g/mol. The van der Waals surface area contributed by atoms with E-state index in [1.807, 2.05) is 18.2 Å². The number of rotatable bonds is 3. The van der Waals surface area contributed by atoms with Crippen LogP contribution in [0.15, 0.2) is 66.7 Å². The summed E-state index contributed by atoms with van der Waals surface area (Å²) in [5, 5.41) is 11.4. The molecule has 150 valence electrons. The Morgan fingerprint density at radius 3 is 2.80 bits per heavy atom. The van der Waals surface area contributed by atoms with E-state index >= 15 is 0 Å². The number of aromatic nitrogens is 1. The van der Waals surface area contributed by atoms with Crippen LogP contribution in [0.1, 0.15) is 28.4 Å². The molecule has 0 bridgehead atoms. The van der Waals surface area contributed by atoms with Gasteiger partial charge in [-0.05, 0) is 53.4 Å². The van der Waals surface area contributed by atoms with Crippen molar-refractivity contribution in [3.63, 3.8) is 0 Å². The third-order valence-corrected chi connectivity index (χ3v) is 6.14. The van der Waals surface area contributed by atoms with E-state index in [-0.39, 0.29) is 12.8 Å². The molecule has 5 heteroatoms. The van der Waals surface area contributed by atoms with E-state index in [0.29, 0.717) is 5.75 Å². The fourth-order valence-electron chi connectivity index (χ4n) is 4.81. The van der Waals surface area contributed by atoms with E-state index in [9.17, 15) is 5.11 Å². The zero-order valence-corrected chi connectivity index (χ0v) is 16.5. The van der Waals surface area contributed by atoms with Gasteiger partial charge in [-0.3, -0.25) is 4.90 Å². The van der Waals surface area contributed by atoms with Gasteiger partial charge < -0.3 is 19.6 Å². The molecule has 6 rings (SSSR count). The van der Waals surface area contributed by atoms with Gasteiger partial charge in [-0.25, -0.2) is 0 Å². The van der Waals surface area contributed by atoms with Crippen LogP contribution in [0.2, 0.25) is 0 Å². The van der Waals surface area contributed by atoms with Gasteiger partial charge in [0.15, 0.2) is 11.5 Å². The van der Waals surface area contributed by atoms with E-state index in [0.717, 1.165) is 42.1 Å². The molecule has 0 saturated heterocycles. The molecule has 4 aromatic rings. The van der Waals surface area contributed by atoms with Gasteiger partial charge in [0.25, 0.3) is 0 Å². The van der Waals surface area contributed by atoms with Crippen molar-refractivity contribution in [1.82, 2.24) is 9.88 Å². The van der Waals surface area contributed by atoms with Gasteiger partial charge in [-0.2, -0.15) is 0 Å². The van der Waals surface area contributed by atoms with Crippen LogP contribution in [0.25, 0.3) is 10.9 Å². The van der Waals surface area contributed by atoms with Crippen molar-refractivity contribution >= 4 is 10.9 Å². The van der Waals surface area contributed by atoms with Crippen molar-refractivity contribution in [3.05, 3.63) is 89.1 Å². The minimum Gasteiger partial charge on any atom is -0.508 e. The molecule has 0 amide bonds. The Morgan fingerprint density at radius 2 is 1.87 bits per heavy atom. The largest absolute Gasteiger partial charge is 0.508 e. The summed E-state index contributed by atoms with van der Waals surface area (Å²) in [6.45, 7) is 2.00. The number of nitrogens with zero attached hydrogens (tertiary/aromatic N) is 1. The highest BCUT2D eigenvalue weighted by Crippen LogP contribution is 2.40. The lowest BCUT2D eigenvalue weighted by molar-refractivity contribution is 0.173. The Balaban J connectivity index is 1.44. The van der Waals surface area contributed by atoms with Crippen LogP contribution in [-0.2, 0) is 13.0 Å². The summed E-state index contributed by atoms with van der Waals surface area (Å²) in [6.07, 6.45) is 0.985. The van der Waals surface area contributed by atoms with Gasteiger partial charge in [0.1, 0.15) is 5.75 Å². The molecule has 0 fully saturated rings. The second-order valence-electron chi connectivity index (χ2n) is 7.97. The molecular formula is C25H22N2O3. The van der Waals surface area contributed by atoms with E-state index in [1.165, 1.54) is 22.2 Å². The smallest absolute Gasteiger partial charge is 0.231 e. The predicted molar refractivity (Wildman–Crippen MR) is 115 cm³/mol. The predicted octanol–water partition coefficient (Wildman–Crippen LogP) is 4.75. The third-order valence-electron chi connectivity index (χ3n) is 6.14. The zero-order chi connectivity index (χ0) is 20.1. The fraction of sp³-hybridized carbons (Fsp3) is 0.200. The lowest BCUT2D eigenvalue weighted by atomic mass is 9.92. The monoisotopic (exact) mass is 398 g/mol. The number of phenolic OH excluding ortho intramolecular Hbond substituents is 1. The van der Waals surface area contributed by atoms with Crippen molar-refractivity contribution < 1.29 is 14.6 Å². The van der Waals surface area contributed by atoms with Crippen LogP contribution < -0.4 is 9.47 Å². The van der Waals surface area contributed by atoms with Crippen LogP contribution in [0.3, 0.4) is 0 Å². The molecule has 30 heavy (non-hydrogen) atoms. The fourth-order valence-corrected chi connectivity index (χ4v) is 4.81. The molecule has 2 N–H and O–H groups in total. The van der Waals surface area contributed by atoms with Gasteiger partial charge in [-0.1, -0.05) is 36.4 Å². The molecule has 5 nitrogen and oxygen atoms in total. The number of hydrogen-bond donors (Lipinski definition) is 2. The van der Waals surface area contributed by atoms with Gasteiger partial charge >= 0.3 is 0 Å². The zero-order valence-electron chi connectivity index (χ0n) is 16.5. The Labute approximate surface area is 174 Å². The van der Waals surface area contributed by atoms with Crippen LogP contribution in [-0.4, -0.2) is 28.3 Å². The molecule has 1 unspecified atom stereocenters. The molecule has 3 heterocycles. The Morgan fingerprint density at radius 1 is 0.967 bits per heavy atom. The highest BCUT2D eigenvalue weighted by atomic mass is 16.7. The average molecular weight is 398 g/mol. The number of aromatic hydroxyl groups is 1. The first-order valence-electron chi connectivity index (χ1n) is 10.3. The lowest BCUT2D eigenvalue weighted by Gasteiger charge is -2.36. The van der Waals surface area contributed by atoms with Crippen molar-refractivity contribution in [3.8, 4) is 17.2 Å². The standard InChI is InChI=1S/C25H22N2O3/c28-18-5-3-4-17(13-18)25-24-20(19-6-1-2-7-21(19)26-24)10-11-27(25)14-16-8-9-22-23(12-16)30-15-29-22/h1-9,12-13,25-26,28H,10-11,14-15H2. The van der Waals surface area contributed by atoms with Gasteiger partial charge in [0.05, 0.1) is 6.04 Å². The van der Waals surface area contributed by atoms with E-state index in [2.05, 4.69) is 52.3 Å². The average Bonchev–Trinajstić information content (AvgIpc) is 3.37. The number of aromatic amines is 1. The summed E-state index contributed by atoms with van der Waals surface area (Å²) < 4.78 is 11.0. The molecule has 0 saturated carbocycles. The van der Waals surface area contributed by atoms with E-state index in [1.54, 1.807) is 6.07 Å². The first kappa shape index (κ1) is 17.4. The highest BCUT2D eigenvalue weighted by molar-refractivity contribution is 5.85. The number of hydrogen-bond acceptors (Lipinski definition) is 4. The van der Waals surface area contributed by atoms with E-state index < -0.39 is 0 Å². The van der Waals surface area contributed by atoms with Gasteiger partial charge in [0, 0.05) is 29.7 Å². The van der Waals surface area contributed by atoms with Crippen LogP contribution in [0.5, 0.6) is 17.2 Å². The van der Waals surface area contributed by atoms with Gasteiger partial charge in [-0.15, -0.1) is 0 Å². The maximum Gasteiger partial charge on any atom is 0.231 e. The number of ether oxygens (including phenoxy) is 2. The number of benzene rings is 3. The lowest BCUT2D eigenvalue weighted by Crippen LogP contribution is -2.35. The quantitative estimate of drug-likeness (QED) is 0.523. The third kappa shape index (κ3) is 2.82. The van der Waals surface area contributed by atoms with Crippen molar-refractivity contribution in [2.75, 3.05) is 13.3 Å². The Hall–Kier alpha value is -3.44. The highest BCUT2D eigenvalue weighted by Gasteiger charge is 2.32. The van der Waals surface area contributed by atoms with Crippen LogP contribution >= 0.6 is 0 Å². The molecule has 1 aromatic heterocycles. The summed E-state index contributed by atoms with van der Waals surface area (Å²) in [4.78, 5) is 6.14. The normalized spacial score (nSPS) is 17.9. The molecule has 0 radical (unpaired) electrons. The van der Waals surface area contributed by atoms with Crippen LogP contribution in [0.4, 0.5) is 0 Å². The second kappa shape index (κ2) is 6.82. The summed E-state index contributed by atoms with van der Waals surface area (Å²) in [5.41, 5.74) is 6.03. The Bertz CT molecular complexity index is 1250. The molecule has 0 aliphatic carbocycles. The van der Waals surface area contributed by atoms with Crippen molar-refractivity contribution in [2.24, 2.45) is 0 Å². The SMILES string of the molecule is Oc1cccc(C2c3[nH]c4ccccc4c3CCN2Cc2ccc3c(c2)OCO3)c1. The summed E-state index contributed by atoms with van der Waals surface area (Å²) >= 11 is 0. The molecule has 2 aliphatic heterocycles. The molecule has 3 aromatic carbocycles. The Kier molecular flexibility index (Phi) is 3.96. The van der Waals surface area contributed by atoms with Crippen molar-refractivity contribution in [2.45, 2.75) is 19.0 Å². The first-order valence-corrected chi connectivity index (χ1v) is 10.3. The maximum atomic E-state index is 10.2. The number of fused-ring (bicyclic) bond motifs is 4. The molecule has 2 aliphatic rings. The summed E-state index contributed by atoms with van der Waals surface area (Å²) in [7, 11) is 0. The van der Waals surface area contributed by atoms with E-state index in [4.69, 9.17) is 9.47 Å². The van der Waals surface area contributed by atoms with Gasteiger partial charge in [0.2, 0.25) is 6.79 Å². The summed E-state index contributed by atoms with van der Waals surface area (Å²) in [5.74, 6) is 1.91. The maximum absolute atomic E-state index is 10.2. The summed E-state index contributed by atoms with van der Waals surface area (Å²) in [6, 6.07) is 22.3. The number of nitrogens with one attached hydrogen (secondary N) is 1. The van der Waals surface area contributed by atoms with Crippen LogP contribution in [0, 0.1) is 0 Å².